The first-order valence-corrected chi connectivity index (χ1v) is 4.87. The van der Waals surface area contributed by atoms with Gasteiger partial charge in [-0.1, -0.05) is 11.6 Å². The van der Waals surface area contributed by atoms with E-state index in [0.29, 0.717) is 6.54 Å². The fraction of sp³-hybridized carbons (Fsp3) is 0.400. The SMILES string of the molecule is Cc1cc(OC(C)CNN)ccc1Cl. The normalized spacial score (nSPS) is 12.6. The fourth-order valence-corrected chi connectivity index (χ4v) is 1.25. The van der Waals surface area contributed by atoms with Crippen LogP contribution in [0.25, 0.3) is 0 Å². The molecule has 1 aromatic carbocycles. The van der Waals surface area contributed by atoms with Gasteiger partial charge in [-0.2, -0.15) is 0 Å². The maximum absolute atomic E-state index is 5.89. The van der Waals surface area contributed by atoms with Crippen molar-refractivity contribution in [2.24, 2.45) is 5.84 Å². The third-order valence-corrected chi connectivity index (χ3v) is 2.30. The lowest BCUT2D eigenvalue weighted by atomic mass is 10.2. The van der Waals surface area contributed by atoms with Gasteiger partial charge in [0.2, 0.25) is 0 Å². The van der Waals surface area contributed by atoms with Crippen molar-refractivity contribution in [2.75, 3.05) is 6.54 Å². The van der Waals surface area contributed by atoms with Crippen LogP contribution in [-0.2, 0) is 0 Å². The zero-order valence-electron chi connectivity index (χ0n) is 8.38. The minimum atomic E-state index is 0.0422. The van der Waals surface area contributed by atoms with Gasteiger partial charge in [0, 0.05) is 11.6 Å². The number of hydrogen-bond acceptors (Lipinski definition) is 3. The second-order valence-electron chi connectivity index (χ2n) is 3.25. The lowest BCUT2D eigenvalue weighted by molar-refractivity contribution is 0.218. The predicted octanol–water partition coefficient (Wildman–Crippen LogP) is 1.88. The molecule has 0 fully saturated rings. The molecule has 0 amide bonds. The Labute approximate surface area is 89.2 Å². The Morgan fingerprint density at radius 3 is 2.86 bits per heavy atom. The standard InChI is InChI=1S/C10H15ClN2O/c1-7-5-9(3-4-10(7)11)14-8(2)6-13-12/h3-5,8,13H,6,12H2,1-2H3. The number of hydrazine groups is 1. The maximum atomic E-state index is 5.89. The molecular weight excluding hydrogens is 200 g/mol. The minimum Gasteiger partial charge on any atom is -0.489 e. The second-order valence-corrected chi connectivity index (χ2v) is 3.65. The average molecular weight is 215 g/mol. The Morgan fingerprint density at radius 2 is 2.29 bits per heavy atom. The molecule has 3 N–H and O–H groups in total. The number of rotatable bonds is 4. The minimum absolute atomic E-state index is 0.0422. The van der Waals surface area contributed by atoms with Crippen molar-refractivity contribution in [2.45, 2.75) is 20.0 Å². The van der Waals surface area contributed by atoms with Crippen molar-refractivity contribution in [3.63, 3.8) is 0 Å². The van der Waals surface area contributed by atoms with E-state index in [1.54, 1.807) is 0 Å². The summed E-state index contributed by atoms with van der Waals surface area (Å²) in [6.45, 7) is 4.51. The van der Waals surface area contributed by atoms with Crippen LogP contribution in [0.2, 0.25) is 5.02 Å². The fourth-order valence-electron chi connectivity index (χ4n) is 1.13. The van der Waals surface area contributed by atoms with Crippen LogP contribution < -0.4 is 16.0 Å². The summed E-state index contributed by atoms with van der Waals surface area (Å²) >= 11 is 5.89. The highest BCUT2D eigenvalue weighted by atomic mass is 35.5. The summed E-state index contributed by atoms with van der Waals surface area (Å²) in [5.74, 6) is 6.00. The summed E-state index contributed by atoms with van der Waals surface area (Å²) in [5.41, 5.74) is 3.57. The summed E-state index contributed by atoms with van der Waals surface area (Å²) in [7, 11) is 0. The lowest BCUT2D eigenvalue weighted by Gasteiger charge is -2.14. The third kappa shape index (κ3) is 3.18. The number of hydrogen-bond donors (Lipinski definition) is 2. The molecule has 0 aliphatic rings. The molecule has 0 radical (unpaired) electrons. The van der Waals surface area contributed by atoms with E-state index in [1.807, 2.05) is 32.0 Å². The summed E-state index contributed by atoms with van der Waals surface area (Å²) in [4.78, 5) is 0. The first-order chi connectivity index (χ1) is 6.63. The number of nitrogens with two attached hydrogens (primary N) is 1. The molecule has 3 nitrogen and oxygen atoms in total. The number of halogens is 1. The van der Waals surface area contributed by atoms with Crippen molar-refractivity contribution in [3.8, 4) is 5.75 Å². The van der Waals surface area contributed by atoms with Crippen LogP contribution in [0.1, 0.15) is 12.5 Å². The van der Waals surface area contributed by atoms with Gasteiger partial charge in [0.25, 0.3) is 0 Å². The maximum Gasteiger partial charge on any atom is 0.120 e. The van der Waals surface area contributed by atoms with Crippen LogP contribution in [0.4, 0.5) is 0 Å². The van der Waals surface area contributed by atoms with E-state index < -0.39 is 0 Å². The van der Waals surface area contributed by atoms with Gasteiger partial charge in [0.15, 0.2) is 0 Å². The monoisotopic (exact) mass is 214 g/mol. The molecule has 1 aromatic rings. The molecule has 1 unspecified atom stereocenters. The van der Waals surface area contributed by atoms with Gasteiger partial charge in [0.1, 0.15) is 11.9 Å². The Morgan fingerprint density at radius 1 is 1.57 bits per heavy atom. The average Bonchev–Trinajstić information content (AvgIpc) is 2.12. The molecule has 14 heavy (non-hydrogen) atoms. The van der Waals surface area contributed by atoms with Crippen LogP contribution in [0.5, 0.6) is 5.75 Å². The molecule has 0 bridgehead atoms. The second kappa shape index (κ2) is 5.20. The summed E-state index contributed by atoms with van der Waals surface area (Å²) in [6.07, 6.45) is 0.0422. The molecule has 0 spiro atoms. The van der Waals surface area contributed by atoms with E-state index in [2.05, 4.69) is 5.43 Å². The number of nitrogens with one attached hydrogen (secondary N) is 1. The van der Waals surface area contributed by atoms with E-state index in [4.69, 9.17) is 22.2 Å². The molecular formula is C10H15ClN2O. The highest BCUT2D eigenvalue weighted by Gasteiger charge is 2.03. The topological polar surface area (TPSA) is 47.3 Å². The van der Waals surface area contributed by atoms with Crippen LogP contribution >= 0.6 is 11.6 Å². The number of aryl methyl sites for hydroxylation is 1. The van der Waals surface area contributed by atoms with Crippen LogP contribution in [0.15, 0.2) is 18.2 Å². The number of benzene rings is 1. The van der Waals surface area contributed by atoms with Gasteiger partial charge in [-0.3, -0.25) is 11.3 Å². The molecule has 0 aliphatic heterocycles. The molecule has 0 aliphatic carbocycles. The zero-order chi connectivity index (χ0) is 10.6. The first kappa shape index (κ1) is 11.3. The van der Waals surface area contributed by atoms with Crippen molar-refractivity contribution >= 4 is 11.6 Å². The molecule has 0 saturated heterocycles. The number of ether oxygens (including phenoxy) is 1. The van der Waals surface area contributed by atoms with E-state index >= 15 is 0 Å². The van der Waals surface area contributed by atoms with Crippen LogP contribution in [0, 0.1) is 6.92 Å². The van der Waals surface area contributed by atoms with Crippen molar-refractivity contribution in [1.29, 1.82) is 0 Å². The van der Waals surface area contributed by atoms with E-state index in [-0.39, 0.29) is 6.10 Å². The van der Waals surface area contributed by atoms with Gasteiger partial charge in [-0.15, -0.1) is 0 Å². The predicted molar refractivity (Wildman–Crippen MR) is 58.5 cm³/mol. The van der Waals surface area contributed by atoms with E-state index in [9.17, 15) is 0 Å². The van der Waals surface area contributed by atoms with Crippen molar-refractivity contribution in [1.82, 2.24) is 5.43 Å². The van der Waals surface area contributed by atoms with Crippen molar-refractivity contribution < 1.29 is 4.74 Å². The van der Waals surface area contributed by atoms with Gasteiger partial charge in [-0.05, 0) is 37.6 Å². The summed E-state index contributed by atoms with van der Waals surface area (Å²) in [5, 5.41) is 0.752. The van der Waals surface area contributed by atoms with Crippen molar-refractivity contribution in [3.05, 3.63) is 28.8 Å². The largest absolute Gasteiger partial charge is 0.489 e. The molecule has 0 saturated carbocycles. The van der Waals surface area contributed by atoms with E-state index in [0.717, 1.165) is 16.3 Å². The smallest absolute Gasteiger partial charge is 0.120 e. The van der Waals surface area contributed by atoms with Gasteiger partial charge in [-0.25, -0.2) is 0 Å². The Hall–Kier alpha value is -0.770. The quantitative estimate of drug-likeness (QED) is 0.594. The summed E-state index contributed by atoms with van der Waals surface area (Å²) < 4.78 is 5.59. The third-order valence-electron chi connectivity index (χ3n) is 1.87. The van der Waals surface area contributed by atoms with Crippen LogP contribution in [0.3, 0.4) is 0 Å². The molecule has 0 aromatic heterocycles. The van der Waals surface area contributed by atoms with Gasteiger partial charge >= 0.3 is 0 Å². The Bertz CT molecular complexity index is 304. The zero-order valence-corrected chi connectivity index (χ0v) is 9.14. The molecule has 1 rings (SSSR count). The van der Waals surface area contributed by atoms with Gasteiger partial charge < -0.3 is 4.74 Å². The summed E-state index contributed by atoms with van der Waals surface area (Å²) in [6, 6.07) is 5.59. The molecule has 4 heteroatoms. The Balaban J connectivity index is 2.63. The van der Waals surface area contributed by atoms with Crippen LogP contribution in [-0.4, -0.2) is 12.6 Å². The highest BCUT2D eigenvalue weighted by Crippen LogP contribution is 2.21. The molecule has 78 valence electrons. The highest BCUT2D eigenvalue weighted by molar-refractivity contribution is 6.31. The molecule has 1 atom stereocenters. The first-order valence-electron chi connectivity index (χ1n) is 4.49. The Kier molecular flexibility index (Phi) is 4.20. The van der Waals surface area contributed by atoms with Gasteiger partial charge in [0.05, 0.1) is 0 Å². The van der Waals surface area contributed by atoms with E-state index in [1.165, 1.54) is 0 Å². The lowest BCUT2D eigenvalue weighted by Crippen LogP contribution is -2.33. The molecule has 0 heterocycles.